The molecule has 3 heteroatoms. The first-order valence-electron chi connectivity index (χ1n) is 7.80. The van der Waals surface area contributed by atoms with Gasteiger partial charge in [-0.05, 0) is 32.4 Å². The Morgan fingerprint density at radius 3 is 2.33 bits per heavy atom. The van der Waals surface area contributed by atoms with E-state index in [9.17, 15) is 0 Å². The van der Waals surface area contributed by atoms with Crippen LogP contribution in [0.15, 0.2) is 35.7 Å². The zero-order valence-corrected chi connectivity index (χ0v) is 14.3. The summed E-state index contributed by atoms with van der Waals surface area (Å²) in [6.45, 7) is 6.67. The van der Waals surface area contributed by atoms with E-state index in [2.05, 4.69) is 73.8 Å². The zero-order chi connectivity index (χ0) is 15.3. The van der Waals surface area contributed by atoms with E-state index in [1.165, 1.54) is 10.6 Å². The SMILES string of the molecule is CCC(CC)(c1ccccc1)C(Cc1nc(C)cs1)NC. The topological polar surface area (TPSA) is 24.9 Å². The van der Waals surface area contributed by atoms with Crippen molar-refractivity contribution in [3.63, 3.8) is 0 Å². The van der Waals surface area contributed by atoms with Crippen LogP contribution in [-0.2, 0) is 11.8 Å². The smallest absolute Gasteiger partial charge is 0.0943 e. The fourth-order valence-electron chi connectivity index (χ4n) is 3.37. The summed E-state index contributed by atoms with van der Waals surface area (Å²) >= 11 is 1.77. The van der Waals surface area contributed by atoms with Crippen LogP contribution in [0.4, 0.5) is 0 Å². The van der Waals surface area contributed by atoms with Gasteiger partial charge in [0.2, 0.25) is 0 Å². The number of likely N-dealkylation sites (N-methyl/N-ethyl adjacent to an activating group) is 1. The minimum atomic E-state index is 0.162. The molecule has 1 atom stereocenters. The summed E-state index contributed by atoms with van der Waals surface area (Å²) in [7, 11) is 2.08. The monoisotopic (exact) mass is 302 g/mol. The Labute approximate surface area is 132 Å². The van der Waals surface area contributed by atoms with Crippen molar-refractivity contribution in [2.45, 2.75) is 51.5 Å². The van der Waals surface area contributed by atoms with Gasteiger partial charge in [0.25, 0.3) is 0 Å². The molecule has 0 radical (unpaired) electrons. The number of aryl methyl sites for hydroxylation is 1. The molecule has 0 amide bonds. The van der Waals surface area contributed by atoms with Crippen LogP contribution in [0.1, 0.15) is 43.0 Å². The van der Waals surface area contributed by atoms with Crippen molar-refractivity contribution in [1.29, 1.82) is 0 Å². The molecule has 1 N–H and O–H groups in total. The molecule has 0 spiro atoms. The van der Waals surface area contributed by atoms with Crippen molar-refractivity contribution in [3.8, 4) is 0 Å². The molecule has 0 aliphatic heterocycles. The normalized spacial score (nSPS) is 13.3. The van der Waals surface area contributed by atoms with Crippen molar-refractivity contribution < 1.29 is 0 Å². The largest absolute Gasteiger partial charge is 0.316 e. The van der Waals surface area contributed by atoms with Gasteiger partial charge in [-0.3, -0.25) is 0 Å². The van der Waals surface area contributed by atoms with Crippen LogP contribution < -0.4 is 5.32 Å². The molecule has 114 valence electrons. The summed E-state index contributed by atoms with van der Waals surface area (Å²) in [6, 6.07) is 11.3. The standard InChI is InChI=1S/C18H26N2S/c1-5-18(6-2,15-10-8-7-9-11-15)16(19-4)12-17-20-14(3)13-21-17/h7-11,13,16,19H,5-6,12H2,1-4H3. The maximum Gasteiger partial charge on any atom is 0.0943 e. The number of nitrogens with zero attached hydrogens (tertiary/aromatic N) is 1. The van der Waals surface area contributed by atoms with Gasteiger partial charge in [-0.25, -0.2) is 4.98 Å². The van der Waals surface area contributed by atoms with Crippen molar-refractivity contribution in [1.82, 2.24) is 10.3 Å². The van der Waals surface area contributed by atoms with Gasteiger partial charge in [-0.15, -0.1) is 11.3 Å². The third kappa shape index (κ3) is 3.35. The lowest BCUT2D eigenvalue weighted by molar-refractivity contribution is 0.280. The van der Waals surface area contributed by atoms with Gasteiger partial charge < -0.3 is 5.32 Å². The van der Waals surface area contributed by atoms with Gasteiger partial charge in [0.1, 0.15) is 0 Å². The number of nitrogens with one attached hydrogen (secondary N) is 1. The molecule has 2 nitrogen and oxygen atoms in total. The first-order chi connectivity index (χ1) is 10.2. The van der Waals surface area contributed by atoms with Crippen LogP contribution >= 0.6 is 11.3 Å². The maximum atomic E-state index is 4.65. The second-order valence-corrected chi connectivity index (χ2v) is 6.60. The molecule has 21 heavy (non-hydrogen) atoms. The Kier molecular flexibility index (Phi) is 5.54. The highest BCUT2D eigenvalue weighted by atomic mass is 32.1. The van der Waals surface area contributed by atoms with Crippen molar-refractivity contribution in [3.05, 3.63) is 52.0 Å². The van der Waals surface area contributed by atoms with Crippen molar-refractivity contribution in [2.24, 2.45) is 0 Å². The van der Waals surface area contributed by atoms with E-state index in [0.717, 1.165) is 25.0 Å². The predicted octanol–water partition coefficient (Wildman–Crippen LogP) is 4.34. The molecule has 2 aromatic rings. The number of thiazole rings is 1. The van der Waals surface area contributed by atoms with Crippen LogP contribution in [0, 0.1) is 6.92 Å². The Morgan fingerprint density at radius 1 is 1.19 bits per heavy atom. The van der Waals surface area contributed by atoms with E-state index in [4.69, 9.17) is 0 Å². The fraction of sp³-hybridized carbons (Fsp3) is 0.500. The lowest BCUT2D eigenvalue weighted by Crippen LogP contribution is -2.48. The van der Waals surface area contributed by atoms with Crippen LogP contribution in [0.25, 0.3) is 0 Å². The zero-order valence-electron chi connectivity index (χ0n) is 13.5. The average molecular weight is 302 g/mol. The Bertz CT molecular complexity index is 543. The third-order valence-electron chi connectivity index (χ3n) is 4.67. The van der Waals surface area contributed by atoms with Crippen LogP contribution in [0.5, 0.6) is 0 Å². The van der Waals surface area contributed by atoms with E-state index in [1.807, 2.05) is 0 Å². The predicted molar refractivity (Wildman–Crippen MR) is 92.1 cm³/mol. The van der Waals surface area contributed by atoms with Gasteiger partial charge in [0.05, 0.1) is 5.01 Å². The molecule has 2 rings (SSSR count). The molecule has 1 aromatic heterocycles. The summed E-state index contributed by atoms with van der Waals surface area (Å²) in [5, 5.41) is 6.94. The number of benzene rings is 1. The molecule has 0 saturated heterocycles. The first-order valence-corrected chi connectivity index (χ1v) is 8.68. The number of rotatable bonds is 7. The van der Waals surface area contributed by atoms with Gasteiger partial charge in [0, 0.05) is 29.0 Å². The van der Waals surface area contributed by atoms with E-state index < -0.39 is 0 Å². The van der Waals surface area contributed by atoms with E-state index >= 15 is 0 Å². The van der Waals surface area contributed by atoms with Gasteiger partial charge in [0.15, 0.2) is 0 Å². The van der Waals surface area contributed by atoms with Crippen LogP contribution in [0.3, 0.4) is 0 Å². The number of hydrogen-bond acceptors (Lipinski definition) is 3. The minimum absolute atomic E-state index is 0.162. The fourth-order valence-corrected chi connectivity index (χ4v) is 4.19. The summed E-state index contributed by atoms with van der Waals surface area (Å²) in [5.41, 5.74) is 2.72. The second-order valence-electron chi connectivity index (χ2n) is 5.66. The van der Waals surface area contributed by atoms with E-state index in [0.29, 0.717) is 6.04 Å². The summed E-state index contributed by atoms with van der Waals surface area (Å²) in [6.07, 6.45) is 3.25. The summed E-state index contributed by atoms with van der Waals surface area (Å²) in [5.74, 6) is 0. The average Bonchev–Trinajstić information content (AvgIpc) is 2.94. The lowest BCUT2D eigenvalue weighted by Gasteiger charge is -2.40. The molecule has 1 unspecified atom stereocenters. The van der Waals surface area contributed by atoms with Crippen LogP contribution in [0.2, 0.25) is 0 Å². The molecule has 1 heterocycles. The van der Waals surface area contributed by atoms with E-state index in [-0.39, 0.29) is 5.41 Å². The molecule has 0 bridgehead atoms. The highest BCUT2D eigenvalue weighted by Gasteiger charge is 2.36. The van der Waals surface area contributed by atoms with Crippen molar-refractivity contribution >= 4 is 11.3 Å². The Balaban J connectivity index is 2.34. The third-order valence-corrected chi connectivity index (χ3v) is 5.66. The maximum absolute atomic E-state index is 4.65. The molecular formula is C18H26N2S. The Morgan fingerprint density at radius 2 is 1.86 bits per heavy atom. The van der Waals surface area contributed by atoms with Gasteiger partial charge >= 0.3 is 0 Å². The Hall–Kier alpha value is -1.19. The molecule has 0 saturated carbocycles. The second kappa shape index (κ2) is 7.19. The minimum Gasteiger partial charge on any atom is -0.316 e. The quantitative estimate of drug-likeness (QED) is 0.823. The van der Waals surface area contributed by atoms with Crippen molar-refractivity contribution in [2.75, 3.05) is 7.05 Å². The molecule has 0 aliphatic rings. The molecule has 0 fully saturated rings. The first kappa shape index (κ1) is 16.2. The van der Waals surface area contributed by atoms with Gasteiger partial charge in [-0.2, -0.15) is 0 Å². The number of aromatic nitrogens is 1. The van der Waals surface area contributed by atoms with E-state index in [1.54, 1.807) is 11.3 Å². The highest BCUT2D eigenvalue weighted by molar-refractivity contribution is 7.09. The summed E-state index contributed by atoms with van der Waals surface area (Å²) in [4.78, 5) is 4.65. The van der Waals surface area contributed by atoms with Crippen LogP contribution in [-0.4, -0.2) is 18.1 Å². The number of hydrogen-bond donors (Lipinski definition) is 1. The van der Waals surface area contributed by atoms with Gasteiger partial charge in [-0.1, -0.05) is 44.2 Å². The molecule has 1 aromatic carbocycles. The molecular weight excluding hydrogens is 276 g/mol. The lowest BCUT2D eigenvalue weighted by atomic mass is 9.69. The highest BCUT2D eigenvalue weighted by Crippen LogP contribution is 2.36. The summed E-state index contributed by atoms with van der Waals surface area (Å²) < 4.78 is 0. The molecule has 0 aliphatic carbocycles.